The van der Waals surface area contributed by atoms with Gasteiger partial charge in [0.25, 0.3) is 5.69 Å². The molecule has 104 valence electrons. The molecule has 0 saturated carbocycles. The smallest absolute Gasteiger partial charge is 0.274 e. The average molecular weight is 266 g/mol. The fourth-order valence-corrected chi connectivity index (χ4v) is 1.60. The van der Waals surface area contributed by atoms with Gasteiger partial charge in [0.1, 0.15) is 6.61 Å². The number of ether oxygens (including phenoxy) is 1. The normalized spacial score (nSPS) is 10.6. The van der Waals surface area contributed by atoms with Gasteiger partial charge in [0, 0.05) is 11.6 Å². The van der Waals surface area contributed by atoms with E-state index >= 15 is 0 Å². The zero-order chi connectivity index (χ0) is 14.6. The largest absolute Gasteiger partial charge is 0.369 e. The van der Waals surface area contributed by atoms with E-state index in [9.17, 15) is 14.9 Å². The number of carbonyl (C=O) groups is 1. The summed E-state index contributed by atoms with van der Waals surface area (Å²) in [5.41, 5.74) is 1.78. The molecule has 0 bridgehead atoms. The molecule has 0 saturated heterocycles. The van der Waals surface area contributed by atoms with Crippen molar-refractivity contribution in [3.63, 3.8) is 0 Å². The molecule has 1 aromatic carbocycles. The van der Waals surface area contributed by atoms with Crippen LogP contribution in [0.15, 0.2) is 12.1 Å². The molecule has 0 atom stereocenters. The fraction of sp³-hybridized carbons (Fsp3) is 0.462. The van der Waals surface area contributed by atoms with Crippen LogP contribution in [0, 0.1) is 24.0 Å². The van der Waals surface area contributed by atoms with Crippen molar-refractivity contribution in [2.24, 2.45) is 0 Å². The Morgan fingerprint density at radius 2 is 2.00 bits per heavy atom. The van der Waals surface area contributed by atoms with E-state index in [0.29, 0.717) is 11.3 Å². The second kappa shape index (κ2) is 6.29. The Hall–Kier alpha value is -1.95. The number of benzene rings is 1. The van der Waals surface area contributed by atoms with Crippen LogP contribution in [-0.2, 0) is 9.53 Å². The van der Waals surface area contributed by atoms with Gasteiger partial charge in [-0.05, 0) is 39.3 Å². The van der Waals surface area contributed by atoms with Crippen molar-refractivity contribution >= 4 is 17.3 Å². The Morgan fingerprint density at radius 3 is 2.53 bits per heavy atom. The van der Waals surface area contributed by atoms with Crippen LogP contribution in [0.5, 0.6) is 0 Å². The predicted molar refractivity (Wildman–Crippen MR) is 72.3 cm³/mol. The van der Waals surface area contributed by atoms with Gasteiger partial charge in [0.05, 0.1) is 16.7 Å². The van der Waals surface area contributed by atoms with E-state index in [2.05, 4.69) is 5.32 Å². The van der Waals surface area contributed by atoms with Crippen LogP contribution < -0.4 is 5.32 Å². The molecule has 0 spiro atoms. The highest BCUT2D eigenvalue weighted by atomic mass is 16.6. The summed E-state index contributed by atoms with van der Waals surface area (Å²) >= 11 is 0. The summed E-state index contributed by atoms with van der Waals surface area (Å²) in [6.07, 6.45) is -0.0424. The molecular weight excluding hydrogens is 248 g/mol. The highest BCUT2D eigenvalue weighted by Gasteiger charge is 2.15. The summed E-state index contributed by atoms with van der Waals surface area (Å²) in [6.45, 7) is 7.04. The lowest BCUT2D eigenvalue weighted by molar-refractivity contribution is -0.385. The van der Waals surface area contributed by atoms with Gasteiger partial charge in [0.15, 0.2) is 0 Å². The second-order valence-electron chi connectivity index (χ2n) is 4.62. The minimum absolute atomic E-state index is 0.00863. The van der Waals surface area contributed by atoms with Crippen molar-refractivity contribution in [3.05, 3.63) is 33.4 Å². The molecular formula is C13H18N2O4. The van der Waals surface area contributed by atoms with Crippen molar-refractivity contribution in [3.8, 4) is 0 Å². The number of aryl methyl sites for hydroxylation is 2. The molecule has 0 unspecified atom stereocenters. The van der Waals surface area contributed by atoms with E-state index in [1.165, 1.54) is 6.07 Å². The Bertz CT molecular complexity index is 498. The molecule has 0 aromatic heterocycles. The molecule has 1 rings (SSSR count). The lowest BCUT2D eigenvalue weighted by atomic mass is 10.1. The molecule has 6 heteroatoms. The Kier molecular flexibility index (Phi) is 5.00. The minimum Gasteiger partial charge on any atom is -0.369 e. The van der Waals surface area contributed by atoms with Gasteiger partial charge in [-0.15, -0.1) is 0 Å². The number of rotatable bonds is 5. The summed E-state index contributed by atoms with van der Waals surface area (Å²) in [5, 5.41) is 13.5. The van der Waals surface area contributed by atoms with Crippen LogP contribution in [-0.4, -0.2) is 23.5 Å². The fourth-order valence-electron chi connectivity index (χ4n) is 1.60. The third-order valence-corrected chi connectivity index (χ3v) is 2.56. The first-order valence-electron chi connectivity index (χ1n) is 5.98. The molecule has 19 heavy (non-hydrogen) atoms. The molecule has 6 nitrogen and oxygen atoms in total. The van der Waals surface area contributed by atoms with Gasteiger partial charge >= 0.3 is 0 Å². The zero-order valence-corrected chi connectivity index (χ0v) is 11.5. The van der Waals surface area contributed by atoms with Crippen molar-refractivity contribution in [1.29, 1.82) is 0 Å². The van der Waals surface area contributed by atoms with Gasteiger partial charge in [-0.1, -0.05) is 0 Å². The van der Waals surface area contributed by atoms with Crippen LogP contribution in [0.2, 0.25) is 0 Å². The summed E-state index contributed by atoms with van der Waals surface area (Å²) < 4.78 is 5.17. The molecule has 1 N–H and O–H groups in total. The predicted octanol–water partition coefficient (Wildman–Crippen LogP) is 2.58. The van der Waals surface area contributed by atoms with Crippen LogP contribution in [0.4, 0.5) is 11.4 Å². The van der Waals surface area contributed by atoms with E-state index in [-0.39, 0.29) is 24.3 Å². The molecule has 0 aliphatic heterocycles. The number of nitro groups is 1. The number of hydrogen-bond donors (Lipinski definition) is 1. The van der Waals surface area contributed by atoms with Crippen molar-refractivity contribution in [1.82, 2.24) is 0 Å². The quantitative estimate of drug-likeness (QED) is 0.656. The van der Waals surface area contributed by atoms with Crippen LogP contribution >= 0.6 is 0 Å². The van der Waals surface area contributed by atoms with E-state index in [4.69, 9.17) is 4.74 Å². The van der Waals surface area contributed by atoms with Gasteiger partial charge < -0.3 is 10.1 Å². The van der Waals surface area contributed by atoms with E-state index in [0.717, 1.165) is 5.56 Å². The standard InChI is InChI=1S/C13H18N2O4/c1-8(2)19-7-13(16)14-11-6-12(15(17)18)10(4)5-9(11)3/h5-6,8H,7H2,1-4H3,(H,14,16). The molecule has 0 aliphatic carbocycles. The highest BCUT2D eigenvalue weighted by molar-refractivity contribution is 5.92. The van der Waals surface area contributed by atoms with Gasteiger partial charge in [0.2, 0.25) is 5.91 Å². The Labute approximate surface area is 111 Å². The number of anilines is 1. The highest BCUT2D eigenvalue weighted by Crippen LogP contribution is 2.26. The molecule has 0 radical (unpaired) electrons. The lowest BCUT2D eigenvalue weighted by Gasteiger charge is -2.11. The molecule has 1 amide bonds. The number of nitrogens with one attached hydrogen (secondary N) is 1. The third-order valence-electron chi connectivity index (χ3n) is 2.56. The van der Waals surface area contributed by atoms with Crippen LogP contribution in [0.25, 0.3) is 0 Å². The zero-order valence-electron chi connectivity index (χ0n) is 11.5. The van der Waals surface area contributed by atoms with Crippen molar-refractivity contribution in [2.75, 3.05) is 11.9 Å². The van der Waals surface area contributed by atoms with E-state index < -0.39 is 4.92 Å². The first-order chi connectivity index (χ1) is 8.81. The lowest BCUT2D eigenvalue weighted by Crippen LogP contribution is -2.21. The minimum atomic E-state index is -0.463. The molecule has 1 aromatic rings. The molecule has 0 fully saturated rings. The van der Waals surface area contributed by atoms with Crippen molar-refractivity contribution < 1.29 is 14.5 Å². The first-order valence-corrected chi connectivity index (χ1v) is 5.98. The average Bonchev–Trinajstić information content (AvgIpc) is 2.29. The van der Waals surface area contributed by atoms with Crippen LogP contribution in [0.3, 0.4) is 0 Å². The van der Waals surface area contributed by atoms with Gasteiger partial charge in [-0.2, -0.15) is 0 Å². The number of carbonyl (C=O) groups excluding carboxylic acids is 1. The summed E-state index contributed by atoms with van der Waals surface area (Å²) in [6, 6.07) is 3.05. The van der Waals surface area contributed by atoms with Crippen molar-refractivity contribution in [2.45, 2.75) is 33.8 Å². The summed E-state index contributed by atoms with van der Waals surface area (Å²) in [4.78, 5) is 22.0. The second-order valence-corrected chi connectivity index (χ2v) is 4.62. The van der Waals surface area contributed by atoms with Gasteiger partial charge in [-0.25, -0.2) is 0 Å². The number of hydrogen-bond acceptors (Lipinski definition) is 4. The van der Waals surface area contributed by atoms with Gasteiger partial charge in [-0.3, -0.25) is 14.9 Å². The Morgan fingerprint density at radius 1 is 1.37 bits per heavy atom. The molecule has 0 heterocycles. The molecule has 0 aliphatic rings. The van der Waals surface area contributed by atoms with E-state index in [1.54, 1.807) is 19.9 Å². The SMILES string of the molecule is Cc1cc(C)c([N+](=O)[O-])cc1NC(=O)COC(C)C. The number of nitrogens with zero attached hydrogens (tertiary/aromatic N) is 1. The van der Waals surface area contributed by atoms with Crippen LogP contribution in [0.1, 0.15) is 25.0 Å². The number of nitro benzene ring substituents is 1. The Balaban J connectivity index is 2.86. The monoisotopic (exact) mass is 266 g/mol. The third kappa shape index (κ3) is 4.33. The summed E-state index contributed by atoms with van der Waals surface area (Å²) in [5.74, 6) is -0.324. The maximum absolute atomic E-state index is 11.6. The summed E-state index contributed by atoms with van der Waals surface area (Å²) in [7, 11) is 0. The number of amides is 1. The first kappa shape index (κ1) is 15.1. The maximum Gasteiger partial charge on any atom is 0.274 e. The maximum atomic E-state index is 11.6. The van der Waals surface area contributed by atoms with E-state index in [1.807, 2.05) is 13.8 Å². The topological polar surface area (TPSA) is 81.5 Å².